The number of hydrogen-bond acceptors (Lipinski definition) is 3. The predicted octanol–water partition coefficient (Wildman–Crippen LogP) is 1.15. The van der Waals surface area contributed by atoms with Gasteiger partial charge in [0.05, 0.1) is 12.2 Å². The maximum atomic E-state index is 9.04. The summed E-state index contributed by atoms with van der Waals surface area (Å²) in [6.07, 6.45) is 3.81. The first-order valence-corrected chi connectivity index (χ1v) is 3.67. The Balaban J connectivity index is 2.18. The molecule has 9 heavy (non-hydrogen) atoms. The third kappa shape index (κ3) is 2.16. The van der Waals surface area contributed by atoms with Crippen LogP contribution in [0.25, 0.3) is 0 Å². The Morgan fingerprint density at radius 3 is 2.22 bits per heavy atom. The molecule has 1 rings (SSSR count). The summed E-state index contributed by atoms with van der Waals surface area (Å²) in [7, 11) is 0. The zero-order valence-corrected chi connectivity index (χ0v) is 6.18. The Hall–Kier alpha value is 0.270. The molecule has 0 unspecified atom stereocenters. The van der Waals surface area contributed by atoms with Gasteiger partial charge in [0.1, 0.15) is 0 Å². The summed E-state index contributed by atoms with van der Waals surface area (Å²) in [5.74, 6) is 0. The van der Waals surface area contributed by atoms with Crippen molar-refractivity contribution in [2.75, 3.05) is 0 Å². The van der Waals surface area contributed by atoms with Crippen LogP contribution in [0.5, 0.6) is 0 Å². The van der Waals surface area contributed by atoms with Gasteiger partial charge in [-0.2, -0.15) is 0 Å². The van der Waals surface area contributed by atoms with Crippen molar-refractivity contribution in [2.24, 2.45) is 0 Å². The molecule has 0 aromatic rings. The molecule has 0 aliphatic heterocycles. The fourth-order valence-electron chi connectivity index (χ4n) is 1.15. The average molecular weight is 148 g/mol. The minimum atomic E-state index is -0.0928. The van der Waals surface area contributed by atoms with E-state index >= 15 is 0 Å². The number of hydrogen-bond donors (Lipinski definition) is 2. The minimum absolute atomic E-state index is 0.0928. The van der Waals surface area contributed by atoms with E-state index in [1.807, 2.05) is 0 Å². The smallest absolute Gasteiger partial charge is 0.0721 e. The third-order valence-electron chi connectivity index (χ3n) is 1.79. The van der Waals surface area contributed by atoms with Crippen LogP contribution in [0.2, 0.25) is 0 Å². The van der Waals surface area contributed by atoms with Gasteiger partial charge in [0.25, 0.3) is 0 Å². The van der Waals surface area contributed by atoms with Crippen LogP contribution in [-0.4, -0.2) is 17.3 Å². The van der Waals surface area contributed by atoms with Gasteiger partial charge in [-0.25, -0.2) is 0 Å². The van der Waals surface area contributed by atoms with Crippen molar-refractivity contribution < 1.29 is 9.29 Å². The van der Waals surface area contributed by atoms with Gasteiger partial charge in [-0.1, -0.05) is 0 Å². The zero-order valence-electron chi connectivity index (χ0n) is 5.29. The number of thiol groups is 1. The van der Waals surface area contributed by atoms with Crippen LogP contribution in [0.1, 0.15) is 25.7 Å². The second kappa shape index (κ2) is 3.44. The van der Waals surface area contributed by atoms with Crippen molar-refractivity contribution in [2.45, 2.75) is 37.9 Å². The standard InChI is InChI=1S/C6H12O2S/c7-5-1-3-6(8-9)4-2-5/h5-7,9H,1-4H2. The second-order valence-corrected chi connectivity index (χ2v) is 2.75. The van der Waals surface area contributed by atoms with Gasteiger partial charge in [-0.15, -0.1) is 0 Å². The molecular formula is C6H12O2S. The van der Waals surface area contributed by atoms with Gasteiger partial charge in [0.2, 0.25) is 0 Å². The van der Waals surface area contributed by atoms with E-state index in [0.29, 0.717) is 0 Å². The highest BCUT2D eigenvalue weighted by Gasteiger charge is 2.18. The van der Waals surface area contributed by atoms with Crippen molar-refractivity contribution in [3.05, 3.63) is 0 Å². The van der Waals surface area contributed by atoms with Crippen LogP contribution in [0, 0.1) is 0 Å². The lowest BCUT2D eigenvalue weighted by atomic mass is 9.95. The minimum Gasteiger partial charge on any atom is -0.393 e. The lowest BCUT2D eigenvalue weighted by Crippen LogP contribution is -2.21. The predicted molar refractivity (Wildman–Crippen MR) is 38.3 cm³/mol. The summed E-state index contributed by atoms with van der Waals surface area (Å²) >= 11 is 3.71. The van der Waals surface area contributed by atoms with Crippen molar-refractivity contribution >= 4 is 12.9 Å². The van der Waals surface area contributed by atoms with Gasteiger partial charge < -0.3 is 9.29 Å². The van der Waals surface area contributed by atoms with Crippen LogP contribution >= 0.6 is 12.9 Å². The first-order valence-electron chi connectivity index (χ1n) is 3.31. The maximum absolute atomic E-state index is 9.04. The molecule has 1 aliphatic carbocycles. The van der Waals surface area contributed by atoms with Crippen molar-refractivity contribution in [1.29, 1.82) is 0 Å². The van der Waals surface area contributed by atoms with Gasteiger partial charge in [0.15, 0.2) is 0 Å². The molecule has 3 heteroatoms. The number of aliphatic hydroxyl groups is 1. The van der Waals surface area contributed by atoms with Crippen molar-refractivity contribution in [3.8, 4) is 0 Å². The largest absolute Gasteiger partial charge is 0.393 e. The Kier molecular flexibility index (Phi) is 2.82. The number of rotatable bonds is 1. The molecule has 54 valence electrons. The summed E-state index contributed by atoms with van der Waals surface area (Å²) in [6.45, 7) is 0. The van der Waals surface area contributed by atoms with Crippen molar-refractivity contribution in [1.82, 2.24) is 0 Å². The molecule has 2 nitrogen and oxygen atoms in total. The Labute approximate surface area is 60.8 Å². The molecule has 0 bridgehead atoms. The van der Waals surface area contributed by atoms with E-state index in [0.717, 1.165) is 25.7 Å². The fourth-order valence-corrected chi connectivity index (χ4v) is 1.36. The van der Waals surface area contributed by atoms with E-state index < -0.39 is 0 Å². The zero-order chi connectivity index (χ0) is 6.69. The molecule has 0 saturated heterocycles. The van der Waals surface area contributed by atoms with Crippen LogP contribution in [0.15, 0.2) is 0 Å². The first kappa shape index (κ1) is 7.38. The summed E-state index contributed by atoms with van der Waals surface area (Å²) in [5, 5.41) is 9.04. The molecular weight excluding hydrogens is 136 g/mol. The Bertz CT molecular complexity index is 79.1. The SMILES string of the molecule is OC1CCC(OS)CC1. The highest BCUT2D eigenvalue weighted by Crippen LogP contribution is 2.21. The third-order valence-corrected chi connectivity index (χ3v) is 2.09. The van der Waals surface area contributed by atoms with Crippen LogP contribution in [0.4, 0.5) is 0 Å². The Morgan fingerprint density at radius 1 is 1.22 bits per heavy atom. The maximum Gasteiger partial charge on any atom is 0.0721 e. The van der Waals surface area contributed by atoms with E-state index in [1.54, 1.807) is 0 Å². The molecule has 1 fully saturated rings. The molecule has 0 aromatic heterocycles. The highest BCUT2D eigenvalue weighted by molar-refractivity contribution is 7.75. The fraction of sp³-hybridized carbons (Fsp3) is 1.00. The second-order valence-electron chi connectivity index (χ2n) is 2.54. The van der Waals surface area contributed by atoms with E-state index in [2.05, 4.69) is 12.9 Å². The monoisotopic (exact) mass is 148 g/mol. The molecule has 0 radical (unpaired) electrons. The van der Waals surface area contributed by atoms with E-state index in [-0.39, 0.29) is 12.2 Å². The normalized spacial score (nSPS) is 36.7. The van der Waals surface area contributed by atoms with Crippen LogP contribution in [0.3, 0.4) is 0 Å². The molecule has 1 saturated carbocycles. The van der Waals surface area contributed by atoms with E-state index in [1.165, 1.54) is 0 Å². The molecule has 0 atom stereocenters. The molecule has 1 aliphatic rings. The van der Waals surface area contributed by atoms with Gasteiger partial charge >= 0.3 is 0 Å². The lowest BCUT2D eigenvalue weighted by molar-refractivity contribution is 0.0775. The summed E-state index contributed by atoms with van der Waals surface area (Å²) in [4.78, 5) is 0. The summed E-state index contributed by atoms with van der Waals surface area (Å²) in [6, 6.07) is 0. The van der Waals surface area contributed by atoms with E-state index in [4.69, 9.17) is 9.29 Å². The van der Waals surface area contributed by atoms with E-state index in [9.17, 15) is 0 Å². The van der Waals surface area contributed by atoms with Gasteiger partial charge in [-0.05, 0) is 38.6 Å². The lowest BCUT2D eigenvalue weighted by Gasteiger charge is -2.22. The average Bonchev–Trinajstić information content (AvgIpc) is 1.90. The van der Waals surface area contributed by atoms with Gasteiger partial charge in [-0.3, -0.25) is 0 Å². The highest BCUT2D eigenvalue weighted by atomic mass is 32.1. The Morgan fingerprint density at radius 2 is 1.78 bits per heavy atom. The first-order chi connectivity index (χ1) is 4.33. The molecule has 0 amide bonds. The van der Waals surface area contributed by atoms with Crippen molar-refractivity contribution in [3.63, 3.8) is 0 Å². The number of aliphatic hydroxyl groups excluding tert-OH is 1. The molecule has 0 spiro atoms. The quantitative estimate of drug-likeness (QED) is 0.431. The topological polar surface area (TPSA) is 29.5 Å². The summed E-state index contributed by atoms with van der Waals surface area (Å²) < 4.78 is 4.82. The van der Waals surface area contributed by atoms with Crippen LogP contribution in [-0.2, 0) is 4.18 Å². The summed E-state index contributed by atoms with van der Waals surface area (Å²) in [5.41, 5.74) is 0. The van der Waals surface area contributed by atoms with Crippen LogP contribution < -0.4 is 0 Å². The molecule has 1 N–H and O–H groups in total. The molecule has 0 aromatic carbocycles. The van der Waals surface area contributed by atoms with Gasteiger partial charge in [0, 0.05) is 0 Å². The molecule has 0 heterocycles.